The normalized spacial score (nSPS) is 14.8. The maximum Gasteiger partial charge on any atom is 0.239 e. The number of piperidine rings is 1. The van der Waals surface area contributed by atoms with Crippen molar-refractivity contribution in [3.63, 3.8) is 0 Å². The van der Waals surface area contributed by atoms with Gasteiger partial charge in [0, 0.05) is 30.2 Å². The van der Waals surface area contributed by atoms with Crippen molar-refractivity contribution in [2.45, 2.75) is 19.8 Å². The second kappa shape index (κ2) is 9.91. The van der Waals surface area contributed by atoms with Gasteiger partial charge in [-0.25, -0.2) is 12.8 Å². The molecular weight excluding hydrogens is 421 g/mol. The molecule has 0 bridgehead atoms. The molecule has 2 aromatic carbocycles. The van der Waals surface area contributed by atoms with Crippen molar-refractivity contribution in [2.75, 3.05) is 40.1 Å². The van der Waals surface area contributed by atoms with Gasteiger partial charge in [0.25, 0.3) is 0 Å². The maximum atomic E-state index is 12.9. The summed E-state index contributed by atoms with van der Waals surface area (Å²) in [5, 5.41) is 4.92. The Morgan fingerprint density at radius 1 is 0.903 bits per heavy atom. The smallest absolute Gasteiger partial charge is 0.239 e. The van der Waals surface area contributed by atoms with Gasteiger partial charge in [0.05, 0.1) is 0 Å². The van der Waals surface area contributed by atoms with Gasteiger partial charge in [0.1, 0.15) is 17.3 Å². The van der Waals surface area contributed by atoms with Gasteiger partial charge >= 0.3 is 0 Å². The van der Waals surface area contributed by atoms with Crippen LogP contribution in [0.5, 0.6) is 0 Å². The molecule has 3 rings (SSSR count). The van der Waals surface area contributed by atoms with E-state index in [2.05, 4.69) is 22.5 Å². The third kappa shape index (κ3) is 7.06. The number of sulfone groups is 1. The number of anilines is 3. The summed E-state index contributed by atoms with van der Waals surface area (Å²) < 4.78 is 37.3. The molecule has 0 atom stereocenters. The van der Waals surface area contributed by atoms with Crippen molar-refractivity contribution in [2.24, 2.45) is 5.92 Å². The van der Waals surface area contributed by atoms with Gasteiger partial charge < -0.3 is 15.5 Å². The number of hydrogen-bond donors (Lipinski definition) is 2. The molecule has 166 valence electrons. The molecule has 7 nitrogen and oxygen atoms in total. The Morgan fingerprint density at radius 3 is 1.84 bits per heavy atom. The summed E-state index contributed by atoms with van der Waals surface area (Å²) in [7, 11) is -3.97. The molecule has 0 aliphatic carbocycles. The van der Waals surface area contributed by atoms with Crippen LogP contribution in [0.15, 0.2) is 48.5 Å². The number of carbonyl (C=O) groups excluding carboxylic acids is 2. The van der Waals surface area contributed by atoms with E-state index in [1.165, 1.54) is 12.1 Å². The van der Waals surface area contributed by atoms with Crippen LogP contribution >= 0.6 is 0 Å². The Morgan fingerprint density at radius 2 is 1.35 bits per heavy atom. The molecule has 1 aliphatic rings. The van der Waals surface area contributed by atoms with E-state index >= 15 is 0 Å². The topological polar surface area (TPSA) is 95.6 Å². The van der Waals surface area contributed by atoms with Crippen LogP contribution in [0, 0.1) is 11.7 Å². The lowest BCUT2D eigenvalue weighted by atomic mass is 9.99. The molecule has 1 heterocycles. The molecule has 9 heteroatoms. The summed E-state index contributed by atoms with van der Waals surface area (Å²) in [6.07, 6.45) is 2.29. The number of halogens is 1. The molecule has 2 N–H and O–H groups in total. The minimum atomic E-state index is -3.97. The highest BCUT2D eigenvalue weighted by Crippen LogP contribution is 2.24. The minimum Gasteiger partial charge on any atom is -0.372 e. The van der Waals surface area contributed by atoms with Crippen molar-refractivity contribution in [1.82, 2.24) is 0 Å². The quantitative estimate of drug-likeness (QED) is 0.680. The van der Waals surface area contributed by atoms with Crippen LogP contribution < -0.4 is 15.5 Å². The lowest BCUT2D eigenvalue weighted by molar-refractivity contribution is -0.114. The van der Waals surface area contributed by atoms with Gasteiger partial charge in [-0.1, -0.05) is 6.92 Å². The SMILES string of the molecule is CC1CCN(c2ccc(NC(=O)CS(=O)(=O)CC(=O)Nc3ccc(F)cc3)cc2)CC1. The zero-order valence-corrected chi connectivity index (χ0v) is 18.1. The summed E-state index contributed by atoms with van der Waals surface area (Å²) in [6, 6.07) is 12.2. The van der Waals surface area contributed by atoms with Crippen LogP contribution in [-0.2, 0) is 19.4 Å². The molecule has 1 fully saturated rings. The zero-order valence-electron chi connectivity index (χ0n) is 17.3. The Balaban J connectivity index is 1.49. The van der Waals surface area contributed by atoms with Crippen molar-refractivity contribution < 1.29 is 22.4 Å². The number of rotatable bonds is 7. The van der Waals surface area contributed by atoms with Crippen LogP contribution in [0.1, 0.15) is 19.8 Å². The minimum absolute atomic E-state index is 0.273. The Kier molecular flexibility index (Phi) is 7.27. The van der Waals surface area contributed by atoms with Crippen LogP contribution in [0.2, 0.25) is 0 Å². The summed E-state index contributed by atoms with van der Waals surface area (Å²) in [5.41, 5.74) is 1.83. The summed E-state index contributed by atoms with van der Waals surface area (Å²) in [4.78, 5) is 26.4. The molecule has 31 heavy (non-hydrogen) atoms. The zero-order chi connectivity index (χ0) is 22.4. The first-order valence-electron chi connectivity index (χ1n) is 10.1. The van der Waals surface area contributed by atoms with E-state index < -0.39 is 39.0 Å². The monoisotopic (exact) mass is 447 g/mol. The molecule has 1 aliphatic heterocycles. The fourth-order valence-corrected chi connectivity index (χ4v) is 4.45. The van der Waals surface area contributed by atoms with E-state index in [4.69, 9.17) is 0 Å². The number of hydrogen-bond acceptors (Lipinski definition) is 5. The summed E-state index contributed by atoms with van der Waals surface area (Å²) >= 11 is 0. The van der Waals surface area contributed by atoms with Gasteiger partial charge in [-0.2, -0.15) is 0 Å². The first kappa shape index (κ1) is 22.7. The van der Waals surface area contributed by atoms with Gasteiger partial charge in [0.2, 0.25) is 11.8 Å². The van der Waals surface area contributed by atoms with Gasteiger partial charge in [-0.15, -0.1) is 0 Å². The lowest BCUT2D eigenvalue weighted by Crippen LogP contribution is -2.32. The molecule has 0 radical (unpaired) electrons. The highest BCUT2D eigenvalue weighted by molar-refractivity contribution is 7.92. The van der Waals surface area contributed by atoms with E-state index in [9.17, 15) is 22.4 Å². The first-order valence-corrected chi connectivity index (χ1v) is 11.9. The van der Waals surface area contributed by atoms with E-state index in [0.29, 0.717) is 5.69 Å². The number of nitrogens with one attached hydrogen (secondary N) is 2. The number of nitrogens with zero attached hydrogens (tertiary/aromatic N) is 1. The van der Waals surface area contributed by atoms with Gasteiger partial charge in [-0.3, -0.25) is 9.59 Å². The first-order chi connectivity index (χ1) is 14.7. The van der Waals surface area contributed by atoms with Gasteiger partial charge in [-0.05, 0) is 67.3 Å². The van der Waals surface area contributed by atoms with E-state index in [-0.39, 0.29) is 5.69 Å². The Hall–Kier alpha value is -2.94. The number of benzene rings is 2. The summed E-state index contributed by atoms with van der Waals surface area (Å²) in [6.45, 7) is 4.23. The molecular formula is C22H26FN3O4S. The van der Waals surface area contributed by atoms with E-state index in [1.807, 2.05) is 12.1 Å². The molecule has 0 unspecified atom stereocenters. The fourth-order valence-electron chi connectivity index (χ4n) is 3.40. The van der Waals surface area contributed by atoms with Gasteiger partial charge in [0.15, 0.2) is 9.84 Å². The van der Waals surface area contributed by atoms with E-state index in [1.54, 1.807) is 12.1 Å². The molecule has 0 spiro atoms. The van der Waals surface area contributed by atoms with Crippen LogP contribution in [0.25, 0.3) is 0 Å². The lowest BCUT2D eigenvalue weighted by Gasteiger charge is -2.32. The van der Waals surface area contributed by atoms with Crippen molar-refractivity contribution in [3.8, 4) is 0 Å². The molecule has 0 aromatic heterocycles. The largest absolute Gasteiger partial charge is 0.372 e. The highest BCUT2D eigenvalue weighted by atomic mass is 32.2. The average Bonchev–Trinajstić information content (AvgIpc) is 2.70. The van der Waals surface area contributed by atoms with Crippen molar-refractivity contribution in [1.29, 1.82) is 0 Å². The third-order valence-corrected chi connectivity index (χ3v) is 6.53. The predicted octanol–water partition coefficient (Wildman–Crippen LogP) is 3.05. The second-order valence-corrected chi connectivity index (χ2v) is 9.92. The Labute approximate surface area is 181 Å². The van der Waals surface area contributed by atoms with Crippen LogP contribution in [-0.4, -0.2) is 44.8 Å². The number of carbonyl (C=O) groups is 2. The standard InChI is InChI=1S/C22H26FN3O4S/c1-16-10-12-26(13-11-16)20-8-6-19(7-9-20)25-22(28)15-31(29,30)14-21(27)24-18-4-2-17(23)3-5-18/h2-9,16H,10-15H2,1H3,(H,24,27)(H,25,28). The van der Waals surface area contributed by atoms with Crippen LogP contribution in [0.3, 0.4) is 0 Å². The maximum absolute atomic E-state index is 12.9. The van der Waals surface area contributed by atoms with E-state index in [0.717, 1.165) is 49.7 Å². The number of amides is 2. The van der Waals surface area contributed by atoms with Crippen molar-refractivity contribution >= 4 is 38.7 Å². The summed E-state index contributed by atoms with van der Waals surface area (Å²) in [5.74, 6) is -2.90. The second-order valence-electron chi connectivity index (χ2n) is 7.85. The molecule has 2 aromatic rings. The average molecular weight is 448 g/mol. The predicted molar refractivity (Wildman–Crippen MR) is 119 cm³/mol. The highest BCUT2D eigenvalue weighted by Gasteiger charge is 2.21. The molecule has 0 saturated carbocycles. The Bertz CT molecular complexity index is 1020. The molecule has 2 amide bonds. The fraction of sp³-hybridized carbons (Fsp3) is 0.364. The van der Waals surface area contributed by atoms with Crippen molar-refractivity contribution in [3.05, 3.63) is 54.3 Å². The third-order valence-electron chi connectivity index (χ3n) is 5.13. The molecule has 1 saturated heterocycles. The van der Waals surface area contributed by atoms with Crippen LogP contribution in [0.4, 0.5) is 21.5 Å².